The van der Waals surface area contributed by atoms with Gasteiger partial charge in [-0.25, -0.2) is 13.2 Å². The molecule has 17 heavy (non-hydrogen) atoms. The smallest absolute Gasteiger partial charge is 0.335 e. The van der Waals surface area contributed by atoms with Crippen molar-refractivity contribution in [2.45, 2.75) is 23.8 Å². The van der Waals surface area contributed by atoms with E-state index in [0.29, 0.717) is 5.56 Å². The Bertz CT molecular complexity index is 531. The number of rotatable bonds is 4. The molecule has 5 nitrogen and oxygen atoms in total. The van der Waals surface area contributed by atoms with E-state index < -0.39 is 21.4 Å². The predicted octanol–water partition coefficient (Wildman–Crippen LogP) is 0.468. The first-order valence-electron chi connectivity index (χ1n) is 4.88. The van der Waals surface area contributed by atoms with Crippen LogP contribution in [0.3, 0.4) is 0 Å². The molecular weight excluding hydrogens is 244 g/mol. The van der Waals surface area contributed by atoms with Crippen LogP contribution in [0.2, 0.25) is 0 Å². The highest BCUT2D eigenvalue weighted by atomic mass is 32.2. The van der Waals surface area contributed by atoms with E-state index in [-0.39, 0.29) is 11.3 Å². The quantitative estimate of drug-likeness (QED) is 0.819. The molecule has 1 rings (SSSR count). The summed E-state index contributed by atoms with van der Waals surface area (Å²) in [4.78, 5) is 10.8. The van der Waals surface area contributed by atoms with Crippen LogP contribution in [0.25, 0.3) is 0 Å². The molecule has 0 spiro atoms. The molecule has 0 amide bonds. The van der Waals surface area contributed by atoms with Gasteiger partial charge >= 0.3 is 5.97 Å². The van der Waals surface area contributed by atoms with Crippen LogP contribution >= 0.6 is 0 Å². The second-order valence-electron chi connectivity index (χ2n) is 4.18. The van der Waals surface area contributed by atoms with Gasteiger partial charge < -0.3 is 10.2 Å². The van der Waals surface area contributed by atoms with Crippen molar-refractivity contribution in [1.29, 1.82) is 0 Å². The van der Waals surface area contributed by atoms with Crippen molar-refractivity contribution in [3.05, 3.63) is 29.8 Å². The Hall–Kier alpha value is -1.40. The topological polar surface area (TPSA) is 91.7 Å². The fourth-order valence-corrected chi connectivity index (χ4v) is 2.05. The Morgan fingerprint density at radius 3 is 2.47 bits per heavy atom. The number of benzene rings is 1. The molecule has 1 unspecified atom stereocenters. The summed E-state index contributed by atoms with van der Waals surface area (Å²) < 4.78 is 22.6. The number of hydrogen-bond acceptors (Lipinski definition) is 4. The maximum atomic E-state index is 11.3. The molecule has 0 aromatic heterocycles. The zero-order chi connectivity index (χ0) is 13.3. The molecule has 0 aliphatic carbocycles. The van der Waals surface area contributed by atoms with E-state index in [2.05, 4.69) is 0 Å². The fraction of sp³-hybridized carbons (Fsp3) is 0.364. The van der Waals surface area contributed by atoms with Crippen LogP contribution in [0.15, 0.2) is 29.2 Å². The van der Waals surface area contributed by atoms with Gasteiger partial charge in [-0.2, -0.15) is 0 Å². The molecule has 0 fully saturated rings. The van der Waals surface area contributed by atoms with Crippen LogP contribution in [-0.2, 0) is 21.1 Å². The van der Waals surface area contributed by atoms with Gasteiger partial charge in [0.25, 0.3) is 0 Å². The number of aliphatic hydroxyl groups is 1. The second-order valence-corrected chi connectivity index (χ2v) is 6.19. The Labute approximate surface area is 99.6 Å². The van der Waals surface area contributed by atoms with E-state index in [1.54, 1.807) is 6.07 Å². The van der Waals surface area contributed by atoms with Crippen LogP contribution in [0, 0.1) is 0 Å². The predicted molar refractivity (Wildman–Crippen MR) is 61.5 cm³/mol. The lowest BCUT2D eigenvalue weighted by Crippen LogP contribution is -2.37. The summed E-state index contributed by atoms with van der Waals surface area (Å²) in [5.74, 6) is -1.35. The number of carbonyl (C=O) groups is 1. The summed E-state index contributed by atoms with van der Waals surface area (Å²) >= 11 is 0. The van der Waals surface area contributed by atoms with E-state index in [9.17, 15) is 18.3 Å². The van der Waals surface area contributed by atoms with Crippen LogP contribution in [0.4, 0.5) is 0 Å². The van der Waals surface area contributed by atoms with Crippen molar-refractivity contribution in [2.24, 2.45) is 0 Å². The first-order valence-corrected chi connectivity index (χ1v) is 6.77. The zero-order valence-corrected chi connectivity index (χ0v) is 10.4. The number of sulfone groups is 1. The van der Waals surface area contributed by atoms with Crippen molar-refractivity contribution >= 4 is 15.8 Å². The summed E-state index contributed by atoms with van der Waals surface area (Å²) in [6.45, 7) is 1.17. The third-order valence-corrected chi connectivity index (χ3v) is 3.45. The van der Waals surface area contributed by atoms with Crippen molar-refractivity contribution < 1.29 is 23.4 Å². The lowest BCUT2D eigenvalue weighted by Gasteiger charge is -2.17. The van der Waals surface area contributed by atoms with Gasteiger partial charge in [-0.1, -0.05) is 12.1 Å². The SMILES string of the molecule is CC(O)(Cc1cccc(S(C)(=O)=O)c1)C(=O)O. The van der Waals surface area contributed by atoms with E-state index in [1.807, 2.05) is 0 Å². The van der Waals surface area contributed by atoms with E-state index >= 15 is 0 Å². The molecule has 1 atom stereocenters. The first-order chi connectivity index (χ1) is 7.63. The van der Waals surface area contributed by atoms with Gasteiger partial charge in [-0.15, -0.1) is 0 Å². The van der Waals surface area contributed by atoms with Gasteiger partial charge in [0.1, 0.15) is 0 Å². The summed E-state index contributed by atoms with van der Waals surface area (Å²) in [6.07, 6.45) is 0.924. The number of carboxylic acids is 1. The minimum atomic E-state index is -3.33. The van der Waals surface area contributed by atoms with Crippen molar-refractivity contribution in [3.8, 4) is 0 Å². The van der Waals surface area contributed by atoms with Crippen molar-refractivity contribution in [1.82, 2.24) is 0 Å². The molecule has 1 aromatic rings. The number of hydrogen-bond donors (Lipinski definition) is 2. The van der Waals surface area contributed by atoms with Gasteiger partial charge in [0.2, 0.25) is 0 Å². The second kappa shape index (κ2) is 4.46. The lowest BCUT2D eigenvalue weighted by atomic mass is 9.97. The summed E-state index contributed by atoms with van der Waals surface area (Å²) in [5.41, 5.74) is -1.45. The van der Waals surface area contributed by atoms with Crippen molar-refractivity contribution in [3.63, 3.8) is 0 Å². The molecule has 0 saturated carbocycles. The average Bonchev–Trinajstić information content (AvgIpc) is 2.15. The van der Waals surface area contributed by atoms with Crippen LogP contribution in [-0.4, -0.2) is 36.5 Å². The molecular formula is C11H14O5S. The van der Waals surface area contributed by atoms with E-state index in [4.69, 9.17) is 5.11 Å². The summed E-state index contributed by atoms with van der Waals surface area (Å²) in [7, 11) is -3.33. The Kier molecular flexibility index (Phi) is 3.59. The normalized spacial score (nSPS) is 15.2. The molecule has 6 heteroatoms. The fourth-order valence-electron chi connectivity index (χ4n) is 1.36. The molecule has 0 saturated heterocycles. The van der Waals surface area contributed by atoms with Crippen molar-refractivity contribution in [2.75, 3.05) is 6.26 Å². The maximum absolute atomic E-state index is 11.3. The lowest BCUT2D eigenvalue weighted by molar-refractivity contribution is -0.156. The molecule has 94 valence electrons. The third-order valence-electron chi connectivity index (χ3n) is 2.34. The average molecular weight is 258 g/mol. The maximum Gasteiger partial charge on any atom is 0.335 e. The highest BCUT2D eigenvalue weighted by Gasteiger charge is 2.30. The Morgan fingerprint density at radius 1 is 1.41 bits per heavy atom. The van der Waals surface area contributed by atoms with Crippen LogP contribution in [0.1, 0.15) is 12.5 Å². The van der Waals surface area contributed by atoms with Gasteiger partial charge in [-0.3, -0.25) is 0 Å². The van der Waals surface area contributed by atoms with Crippen LogP contribution < -0.4 is 0 Å². The van der Waals surface area contributed by atoms with Gasteiger partial charge in [0.05, 0.1) is 4.90 Å². The molecule has 0 aliphatic heterocycles. The molecule has 2 N–H and O–H groups in total. The monoisotopic (exact) mass is 258 g/mol. The molecule has 0 bridgehead atoms. The molecule has 0 heterocycles. The minimum Gasteiger partial charge on any atom is -0.479 e. The van der Waals surface area contributed by atoms with E-state index in [1.165, 1.54) is 25.1 Å². The highest BCUT2D eigenvalue weighted by molar-refractivity contribution is 7.90. The summed E-state index contributed by atoms with van der Waals surface area (Å²) in [5, 5.41) is 18.4. The molecule has 0 radical (unpaired) electrons. The first kappa shape index (κ1) is 13.7. The van der Waals surface area contributed by atoms with E-state index in [0.717, 1.165) is 6.26 Å². The third kappa shape index (κ3) is 3.54. The van der Waals surface area contributed by atoms with Gasteiger partial charge in [0.15, 0.2) is 15.4 Å². The minimum absolute atomic E-state index is 0.108. The van der Waals surface area contributed by atoms with Gasteiger partial charge in [-0.05, 0) is 24.6 Å². The van der Waals surface area contributed by atoms with Gasteiger partial charge in [0, 0.05) is 12.7 Å². The number of aliphatic carboxylic acids is 1. The largest absolute Gasteiger partial charge is 0.479 e. The zero-order valence-electron chi connectivity index (χ0n) is 9.54. The molecule has 1 aromatic carbocycles. The highest BCUT2D eigenvalue weighted by Crippen LogP contribution is 2.17. The molecule has 0 aliphatic rings. The summed E-state index contributed by atoms with van der Waals surface area (Å²) in [6, 6.07) is 5.89. The number of carboxylic acid groups (broad SMARTS) is 1. The standard InChI is InChI=1S/C11H14O5S/c1-11(14,10(12)13)7-8-4-3-5-9(6-8)17(2,15)16/h3-6,14H,7H2,1-2H3,(H,12,13). The Balaban J connectivity index is 3.06. The Morgan fingerprint density at radius 2 is 2.00 bits per heavy atom. The van der Waals surface area contributed by atoms with Crippen LogP contribution in [0.5, 0.6) is 0 Å².